The van der Waals surface area contributed by atoms with Gasteiger partial charge < -0.3 is 4.98 Å². The minimum absolute atomic E-state index is 0.0410. The van der Waals surface area contributed by atoms with Crippen molar-refractivity contribution in [2.24, 2.45) is 0 Å². The Labute approximate surface area is 125 Å². The number of aromatic amines is 1. The minimum atomic E-state index is -0.0410. The first-order chi connectivity index (χ1) is 9.63. The summed E-state index contributed by atoms with van der Waals surface area (Å²) in [5.41, 5.74) is 3.32. The lowest BCUT2D eigenvalue weighted by Crippen LogP contribution is -2.09. The van der Waals surface area contributed by atoms with E-state index in [0.29, 0.717) is 10.5 Å². The van der Waals surface area contributed by atoms with E-state index in [1.807, 2.05) is 11.4 Å². The Morgan fingerprint density at radius 3 is 2.90 bits per heavy atom. The summed E-state index contributed by atoms with van der Waals surface area (Å²) in [4.78, 5) is 20.4. The highest BCUT2D eigenvalue weighted by Crippen LogP contribution is 2.24. The summed E-state index contributed by atoms with van der Waals surface area (Å²) in [5, 5.41) is 1.90. The van der Waals surface area contributed by atoms with E-state index in [2.05, 4.69) is 42.0 Å². The molecule has 20 heavy (non-hydrogen) atoms. The molecule has 0 unspecified atom stereocenters. The largest absolute Gasteiger partial charge is 0.309 e. The molecule has 0 fully saturated rings. The molecule has 0 radical (unpaired) electrons. The first-order valence-corrected chi connectivity index (χ1v) is 8.16. The molecule has 5 heteroatoms. The third-order valence-corrected chi connectivity index (χ3v) is 5.13. The maximum Gasteiger partial charge on any atom is 0.268 e. The van der Waals surface area contributed by atoms with E-state index < -0.39 is 0 Å². The minimum Gasteiger partial charge on any atom is -0.309 e. The molecule has 1 N–H and O–H groups in total. The average Bonchev–Trinajstić information content (AvgIpc) is 2.89. The van der Waals surface area contributed by atoms with Crippen molar-refractivity contribution in [1.29, 1.82) is 0 Å². The van der Waals surface area contributed by atoms with Gasteiger partial charge in [0, 0.05) is 4.90 Å². The molecular formula is C15H14N2OS2. The van der Waals surface area contributed by atoms with Crippen molar-refractivity contribution in [3.05, 3.63) is 57.0 Å². The number of nitrogens with zero attached hydrogens (tertiary/aromatic N) is 1. The van der Waals surface area contributed by atoms with Gasteiger partial charge in [0.25, 0.3) is 5.56 Å². The van der Waals surface area contributed by atoms with Gasteiger partial charge in [-0.3, -0.25) is 4.79 Å². The molecule has 0 saturated heterocycles. The molecule has 3 rings (SSSR count). The van der Waals surface area contributed by atoms with E-state index in [0.717, 1.165) is 11.3 Å². The van der Waals surface area contributed by atoms with Crippen molar-refractivity contribution in [3.63, 3.8) is 0 Å². The highest BCUT2D eigenvalue weighted by molar-refractivity contribution is 7.98. The second-order valence-corrected chi connectivity index (χ2v) is 6.65. The van der Waals surface area contributed by atoms with Gasteiger partial charge in [0.15, 0.2) is 0 Å². The number of nitrogens with one attached hydrogen (secondary N) is 1. The summed E-state index contributed by atoms with van der Waals surface area (Å²) < 4.78 is 0.699. The molecule has 0 bridgehead atoms. The average molecular weight is 302 g/mol. The molecule has 0 amide bonds. The van der Waals surface area contributed by atoms with E-state index in [4.69, 9.17) is 0 Å². The monoisotopic (exact) mass is 302 g/mol. The number of thiophene rings is 1. The van der Waals surface area contributed by atoms with Crippen molar-refractivity contribution in [3.8, 4) is 0 Å². The van der Waals surface area contributed by atoms with Crippen molar-refractivity contribution in [1.82, 2.24) is 9.97 Å². The Balaban J connectivity index is 1.82. The van der Waals surface area contributed by atoms with Crippen molar-refractivity contribution in [2.75, 3.05) is 0 Å². The molecule has 0 aliphatic rings. The topological polar surface area (TPSA) is 45.8 Å². The van der Waals surface area contributed by atoms with E-state index >= 15 is 0 Å². The molecule has 102 valence electrons. The van der Waals surface area contributed by atoms with E-state index in [1.165, 1.54) is 27.4 Å². The summed E-state index contributed by atoms with van der Waals surface area (Å²) in [6.45, 7) is 4.21. The summed E-state index contributed by atoms with van der Waals surface area (Å²) >= 11 is 3.11. The molecule has 1 aromatic carbocycles. The number of benzene rings is 1. The first-order valence-electron chi connectivity index (χ1n) is 6.30. The lowest BCUT2D eigenvalue weighted by atomic mass is 10.1. The Morgan fingerprint density at radius 2 is 2.10 bits per heavy atom. The van der Waals surface area contributed by atoms with Crippen LogP contribution < -0.4 is 5.56 Å². The number of hydrogen-bond acceptors (Lipinski definition) is 4. The summed E-state index contributed by atoms with van der Waals surface area (Å²) in [5.74, 6) is 1.40. The van der Waals surface area contributed by atoms with Crippen molar-refractivity contribution >= 4 is 33.3 Å². The molecule has 0 atom stereocenters. The highest BCUT2D eigenvalue weighted by Gasteiger charge is 2.05. The Bertz CT molecular complexity index is 820. The fourth-order valence-electron chi connectivity index (χ4n) is 1.95. The van der Waals surface area contributed by atoms with Crippen LogP contribution in [0.5, 0.6) is 0 Å². The standard InChI is InChI=1S/C15H14N2OS2/c1-9-3-4-11(7-10(9)2)20-8-13-16-12-5-6-19-14(12)15(18)17-13/h3-7H,8H2,1-2H3,(H,16,17,18). The number of aromatic nitrogens is 2. The van der Waals surface area contributed by atoms with Crippen molar-refractivity contribution in [2.45, 2.75) is 24.5 Å². The van der Waals surface area contributed by atoms with E-state index in [9.17, 15) is 4.79 Å². The molecule has 2 heterocycles. The molecule has 0 aliphatic heterocycles. The quantitative estimate of drug-likeness (QED) is 0.746. The third kappa shape index (κ3) is 2.64. The molecule has 0 aliphatic carbocycles. The number of thioether (sulfide) groups is 1. The van der Waals surface area contributed by atoms with Crippen LogP contribution in [0.1, 0.15) is 17.0 Å². The van der Waals surface area contributed by atoms with E-state index in [1.54, 1.807) is 11.8 Å². The SMILES string of the molecule is Cc1ccc(SCc2nc3ccsc3c(=O)[nH]2)cc1C. The second-order valence-electron chi connectivity index (χ2n) is 4.68. The zero-order chi connectivity index (χ0) is 14.1. The predicted molar refractivity (Wildman–Crippen MR) is 85.7 cm³/mol. The molecular weight excluding hydrogens is 288 g/mol. The maximum atomic E-state index is 11.9. The lowest BCUT2D eigenvalue weighted by molar-refractivity contribution is 1.04. The van der Waals surface area contributed by atoms with Crippen LogP contribution >= 0.6 is 23.1 Å². The number of aryl methyl sites for hydroxylation is 2. The fourth-order valence-corrected chi connectivity index (χ4v) is 3.54. The van der Waals surface area contributed by atoms with Gasteiger partial charge in [0.05, 0.1) is 11.3 Å². The van der Waals surface area contributed by atoms with Gasteiger partial charge in [-0.05, 0) is 48.6 Å². The first kappa shape index (κ1) is 13.4. The zero-order valence-electron chi connectivity index (χ0n) is 11.3. The van der Waals surface area contributed by atoms with Crippen LogP contribution in [0.25, 0.3) is 10.2 Å². The maximum absolute atomic E-state index is 11.9. The molecule has 0 saturated carbocycles. The van der Waals surface area contributed by atoms with Gasteiger partial charge in [-0.25, -0.2) is 4.98 Å². The highest BCUT2D eigenvalue weighted by atomic mass is 32.2. The Kier molecular flexibility index (Phi) is 3.63. The molecule has 3 nitrogen and oxygen atoms in total. The van der Waals surface area contributed by atoms with Gasteiger partial charge >= 0.3 is 0 Å². The van der Waals surface area contributed by atoms with Gasteiger partial charge in [-0.15, -0.1) is 23.1 Å². The van der Waals surface area contributed by atoms with Crippen LogP contribution in [0.4, 0.5) is 0 Å². The molecule has 3 aromatic rings. The van der Waals surface area contributed by atoms with Gasteiger partial charge in [0.2, 0.25) is 0 Å². The van der Waals surface area contributed by atoms with Gasteiger partial charge in [0.1, 0.15) is 10.5 Å². The lowest BCUT2D eigenvalue weighted by Gasteiger charge is -2.05. The van der Waals surface area contributed by atoms with Gasteiger partial charge in [-0.2, -0.15) is 0 Å². The summed E-state index contributed by atoms with van der Waals surface area (Å²) in [6, 6.07) is 8.28. The third-order valence-electron chi connectivity index (χ3n) is 3.22. The summed E-state index contributed by atoms with van der Waals surface area (Å²) in [7, 11) is 0. The predicted octanol–water partition coefficient (Wildman–Crippen LogP) is 3.89. The number of rotatable bonds is 3. The van der Waals surface area contributed by atoms with Crippen LogP contribution in [-0.4, -0.2) is 9.97 Å². The Morgan fingerprint density at radius 1 is 1.25 bits per heavy atom. The summed E-state index contributed by atoms with van der Waals surface area (Å²) in [6.07, 6.45) is 0. The zero-order valence-corrected chi connectivity index (χ0v) is 12.9. The van der Waals surface area contributed by atoms with Crippen LogP contribution in [-0.2, 0) is 5.75 Å². The smallest absolute Gasteiger partial charge is 0.268 e. The van der Waals surface area contributed by atoms with Crippen LogP contribution in [0.15, 0.2) is 39.3 Å². The molecule has 0 spiro atoms. The number of hydrogen-bond donors (Lipinski definition) is 1. The van der Waals surface area contributed by atoms with Crippen LogP contribution in [0.2, 0.25) is 0 Å². The van der Waals surface area contributed by atoms with Crippen LogP contribution in [0.3, 0.4) is 0 Å². The van der Waals surface area contributed by atoms with Gasteiger partial charge in [-0.1, -0.05) is 6.07 Å². The Hall–Kier alpha value is -1.59. The fraction of sp³-hybridized carbons (Fsp3) is 0.200. The van der Waals surface area contributed by atoms with Crippen LogP contribution in [0, 0.1) is 13.8 Å². The number of H-pyrrole nitrogens is 1. The molecule has 2 aromatic heterocycles. The second kappa shape index (κ2) is 5.42. The normalized spacial score (nSPS) is 11.1. The van der Waals surface area contributed by atoms with E-state index in [-0.39, 0.29) is 5.56 Å². The van der Waals surface area contributed by atoms with Crippen molar-refractivity contribution < 1.29 is 0 Å². The number of fused-ring (bicyclic) bond motifs is 1.